The van der Waals surface area contributed by atoms with Gasteiger partial charge in [0.25, 0.3) is 5.91 Å². The summed E-state index contributed by atoms with van der Waals surface area (Å²) in [7, 11) is 0. The van der Waals surface area contributed by atoms with Gasteiger partial charge >= 0.3 is 0 Å². The van der Waals surface area contributed by atoms with Crippen molar-refractivity contribution in [2.45, 2.75) is 33.2 Å². The van der Waals surface area contributed by atoms with Crippen molar-refractivity contribution in [1.82, 2.24) is 5.32 Å². The molecule has 0 heterocycles. The van der Waals surface area contributed by atoms with E-state index in [9.17, 15) is 4.79 Å². The van der Waals surface area contributed by atoms with Gasteiger partial charge in [0.15, 0.2) is 0 Å². The number of rotatable bonds is 5. The minimum absolute atomic E-state index is 0.0927. The maximum Gasteiger partial charge on any atom is 0.251 e. The van der Waals surface area contributed by atoms with Gasteiger partial charge in [-0.2, -0.15) is 0 Å². The topological polar surface area (TPSA) is 29.1 Å². The first-order valence-corrected chi connectivity index (χ1v) is 7.00. The fraction of sp³-hybridized carbons (Fsp3) is 0.500. The highest BCUT2D eigenvalue weighted by molar-refractivity contribution is 6.31. The van der Waals surface area contributed by atoms with Gasteiger partial charge in [-0.05, 0) is 37.0 Å². The van der Waals surface area contributed by atoms with Crippen LogP contribution in [0.2, 0.25) is 5.02 Å². The van der Waals surface area contributed by atoms with Gasteiger partial charge in [-0.3, -0.25) is 4.79 Å². The second-order valence-electron chi connectivity index (χ2n) is 4.77. The molecule has 0 radical (unpaired) electrons. The molecule has 2 nitrogen and oxygen atoms in total. The van der Waals surface area contributed by atoms with E-state index in [-0.39, 0.29) is 11.9 Å². The van der Waals surface area contributed by atoms with Gasteiger partial charge in [-0.1, -0.05) is 31.5 Å². The number of benzene rings is 1. The summed E-state index contributed by atoms with van der Waals surface area (Å²) in [5.41, 5.74) is 1.56. The van der Waals surface area contributed by atoms with Gasteiger partial charge < -0.3 is 5.32 Å². The largest absolute Gasteiger partial charge is 0.349 e. The molecule has 0 saturated heterocycles. The zero-order valence-electron chi connectivity index (χ0n) is 11.0. The molecule has 0 aliphatic carbocycles. The number of aryl methyl sites for hydroxylation is 1. The third kappa shape index (κ3) is 4.18. The van der Waals surface area contributed by atoms with Crippen molar-refractivity contribution in [3.63, 3.8) is 0 Å². The summed E-state index contributed by atoms with van der Waals surface area (Å²) in [6.45, 7) is 6.05. The van der Waals surface area contributed by atoms with Crippen molar-refractivity contribution >= 4 is 29.1 Å². The maximum atomic E-state index is 12.1. The molecular formula is C14H19Cl2NO. The number of amides is 1. The molecule has 0 aromatic heterocycles. The predicted molar refractivity (Wildman–Crippen MR) is 77.6 cm³/mol. The van der Waals surface area contributed by atoms with E-state index in [2.05, 4.69) is 19.2 Å². The molecule has 1 amide bonds. The number of halogens is 2. The van der Waals surface area contributed by atoms with Crippen LogP contribution in [-0.4, -0.2) is 17.8 Å². The van der Waals surface area contributed by atoms with E-state index in [4.69, 9.17) is 23.2 Å². The molecule has 1 atom stereocenters. The first kappa shape index (κ1) is 15.3. The Balaban J connectivity index is 2.77. The molecule has 1 rings (SSSR count). The number of carbonyl (C=O) groups is 1. The van der Waals surface area contributed by atoms with Crippen LogP contribution >= 0.6 is 23.2 Å². The fourth-order valence-electron chi connectivity index (χ4n) is 1.68. The Morgan fingerprint density at radius 1 is 1.39 bits per heavy atom. The molecule has 1 aromatic carbocycles. The molecule has 18 heavy (non-hydrogen) atoms. The number of hydrogen-bond acceptors (Lipinski definition) is 1. The highest BCUT2D eigenvalue weighted by Gasteiger charge is 2.16. The van der Waals surface area contributed by atoms with Gasteiger partial charge in [0, 0.05) is 22.5 Å². The second kappa shape index (κ2) is 7.01. The van der Waals surface area contributed by atoms with Crippen LogP contribution in [0, 0.1) is 12.8 Å². The summed E-state index contributed by atoms with van der Waals surface area (Å²) >= 11 is 11.8. The minimum atomic E-state index is -0.0966. The lowest BCUT2D eigenvalue weighted by molar-refractivity contribution is 0.0925. The Labute approximate surface area is 119 Å². The molecule has 100 valence electrons. The lowest BCUT2D eigenvalue weighted by Crippen LogP contribution is -2.38. The van der Waals surface area contributed by atoms with Crippen LogP contribution in [0.3, 0.4) is 0 Å². The Bertz CT molecular complexity index is 418. The van der Waals surface area contributed by atoms with Gasteiger partial charge in [-0.15, -0.1) is 11.6 Å². The van der Waals surface area contributed by atoms with E-state index in [1.165, 1.54) is 0 Å². The van der Waals surface area contributed by atoms with Crippen molar-refractivity contribution < 1.29 is 4.79 Å². The first-order valence-electron chi connectivity index (χ1n) is 6.08. The monoisotopic (exact) mass is 287 g/mol. The van der Waals surface area contributed by atoms with E-state index < -0.39 is 0 Å². The van der Waals surface area contributed by atoms with Crippen LogP contribution in [0.1, 0.15) is 36.2 Å². The summed E-state index contributed by atoms with van der Waals surface area (Å²) in [5, 5.41) is 3.61. The Morgan fingerprint density at radius 2 is 2.06 bits per heavy atom. The van der Waals surface area contributed by atoms with Gasteiger partial charge in [0.05, 0.1) is 0 Å². The summed E-state index contributed by atoms with van der Waals surface area (Å²) in [4.78, 5) is 12.1. The third-order valence-corrected chi connectivity index (χ3v) is 3.60. The summed E-state index contributed by atoms with van der Waals surface area (Å²) in [6, 6.07) is 5.43. The van der Waals surface area contributed by atoms with Crippen molar-refractivity contribution in [1.29, 1.82) is 0 Å². The van der Waals surface area contributed by atoms with E-state index in [0.717, 1.165) is 12.0 Å². The van der Waals surface area contributed by atoms with Crippen molar-refractivity contribution in [3.05, 3.63) is 34.3 Å². The molecule has 4 heteroatoms. The van der Waals surface area contributed by atoms with Crippen LogP contribution in [0.15, 0.2) is 18.2 Å². The third-order valence-electron chi connectivity index (χ3n) is 2.98. The van der Waals surface area contributed by atoms with E-state index in [0.29, 0.717) is 22.4 Å². The predicted octanol–water partition coefficient (Wildman–Crippen LogP) is 4.03. The smallest absolute Gasteiger partial charge is 0.251 e. The van der Waals surface area contributed by atoms with Gasteiger partial charge in [0.1, 0.15) is 0 Å². The molecule has 0 aliphatic heterocycles. The van der Waals surface area contributed by atoms with Crippen molar-refractivity contribution in [2.75, 3.05) is 5.88 Å². The van der Waals surface area contributed by atoms with Crippen molar-refractivity contribution in [3.8, 4) is 0 Å². The average Bonchev–Trinajstić information content (AvgIpc) is 2.31. The molecule has 0 fully saturated rings. The van der Waals surface area contributed by atoms with Crippen LogP contribution < -0.4 is 5.32 Å². The fourth-order valence-corrected chi connectivity index (χ4v) is 2.09. The van der Waals surface area contributed by atoms with Crippen LogP contribution in [0.4, 0.5) is 0 Å². The van der Waals surface area contributed by atoms with Crippen LogP contribution in [-0.2, 0) is 0 Å². The first-order chi connectivity index (χ1) is 8.45. The Morgan fingerprint density at radius 3 is 2.56 bits per heavy atom. The number of alkyl halides is 1. The highest BCUT2D eigenvalue weighted by atomic mass is 35.5. The number of hydrogen-bond donors (Lipinski definition) is 1. The zero-order valence-corrected chi connectivity index (χ0v) is 12.5. The standard InChI is InChI=1S/C14H19Cl2NO/c1-9(2)13(6-7-15)17-14(18)11-5-4-10(3)12(16)8-11/h4-5,8-9,13H,6-7H2,1-3H3,(H,17,18). The maximum absolute atomic E-state index is 12.1. The molecule has 1 aromatic rings. The Kier molecular flexibility index (Phi) is 5.97. The quantitative estimate of drug-likeness (QED) is 0.814. The molecule has 0 aliphatic rings. The lowest BCUT2D eigenvalue weighted by Gasteiger charge is -2.21. The molecule has 0 saturated carbocycles. The molecule has 0 bridgehead atoms. The second-order valence-corrected chi connectivity index (χ2v) is 5.55. The summed E-state index contributed by atoms with van der Waals surface area (Å²) in [6.07, 6.45) is 0.768. The number of carbonyl (C=O) groups excluding carboxylic acids is 1. The van der Waals surface area contributed by atoms with Crippen LogP contribution in [0.5, 0.6) is 0 Å². The van der Waals surface area contributed by atoms with E-state index >= 15 is 0 Å². The zero-order chi connectivity index (χ0) is 13.7. The van der Waals surface area contributed by atoms with E-state index in [1.807, 2.05) is 13.0 Å². The SMILES string of the molecule is Cc1ccc(C(=O)NC(CCCl)C(C)C)cc1Cl. The summed E-state index contributed by atoms with van der Waals surface area (Å²) < 4.78 is 0. The molecular weight excluding hydrogens is 269 g/mol. The molecule has 1 N–H and O–H groups in total. The van der Waals surface area contributed by atoms with Gasteiger partial charge in [0.2, 0.25) is 0 Å². The lowest BCUT2D eigenvalue weighted by atomic mass is 10.0. The van der Waals surface area contributed by atoms with E-state index in [1.54, 1.807) is 12.1 Å². The van der Waals surface area contributed by atoms with Crippen molar-refractivity contribution in [2.24, 2.45) is 5.92 Å². The Hall–Kier alpha value is -0.730. The number of nitrogens with one attached hydrogen (secondary N) is 1. The normalized spacial score (nSPS) is 12.6. The average molecular weight is 288 g/mol. The highest BCUT2D eigenvalue weighted by Crippen LogP contribution is 2.17. The minimum Gasteiger partial charge on any atom is -0.349 e. The molecule has 1 unspecified atom stereocenters. The summed E-state index contributed by atoms with van der Waals surface area (Å²) in [5.74, 6) is 0.798. The van der Waals surface area contributed by atoms with Crippen LogP contribution in [0.25, 0.3) is 0 Å². The van der Waals surface area contributed by atoms with Gasteiger partial charge in [-0.25, -0.2) is 0 Å². The molecule has 0 spiro atoms.